The second-order valence-corrected chi connectivity index (χ2v) is 9.68. The van der Waals surface area contributed by atoms with Crippen LogP contribution < -0.4 is 4.90 Å². The largest absolute Gasteiger partial charge is 0.367 e. The van der Waals surface area contributed by atoms with Crippen molar-refractivity contribution in [2.24, 2.45) is 0 Å². The minimum Gasteiger partial charge on any atom is -0.367 e. The third kappa shape index (κ3) is 4.28. The van der Waals surface area contributed by atoms with E-state index in [0.717, 1.165) is 51.2 Å². The van der Waals surface area contributed by atoms with Gasteiger partial charge in [-0.3, -0.25) is 4.79 Å². The molecule has 0 atom stereocenters. The predicted octanol–water partition coefficient (Wildman–Crippen LogP) is 5.83. The van der Waals surface area contributed by atoms with Gasteiger partial charge in [-0.25, -0.2) is 4.68 Å². The third-order valence-corrected chi connectivity index (χ3v) is 7.27. The number of anilines is 1. The molecule has 168 valence electrons. The fourth-order valence-corrected chi connectivity index (χ4v) is 5.17. The van der Waals surface area contributed by atoms with Gasteiger partial charge in [0.15, 0.2) is 0 Å². The summed E-state index contributed by atoms with van der Waals surface area (Å²) in [6, 6.07) is 20.1. The van der Waals surface area contributed by atoms with Crippen LogP contribution in [0.1, 0.15) is 21.6 Å². The Morgan fingerprint density at radius 3 is 2.45 bits per heavy atom. The van der Waals surface area contributed by atoms with Crippen molar-refractivity contribution in [1.29, 1.82) is 0 Å². The molecule has 4 aromatic rings. The molecule has 1 amide bonds. The Labute approximate surface area is 202 Å². The van der Waals surface area contributed by atoms with Crippen LogP contribution >= 0.6 is 22.9 Å². The summed E-state index contributed by atoms with van der Waals surface area (Å²) in [5.41, 5.74) is 5.60. The number of hydrogen-bond donors (Lipinski definition) is 0. The van der Waals surface area contributed by atoms with E-state index in [9.17, 15) is 4.79 Å². The lowest BCUT2D eigenvalue weighted by molar-refractivity contribution is 0.0737. The number of para-hydroxylation sites is 1. The molecule has 0 saturated carbocycles. The average molecular weight is 477 g/mol. The van der Waals surface area contributed by atoms with Crippen LogP contribution in [-0.2, 0) is 0 Å². The zero-order valence-electron chi connectivity index (χ0n) is 18.7. The Bertz CT molecular complexity index is 1290. The van der Waals surface area contributed by atoms with Crippen LogP contribution in [0.15, 0.2) is 66.0 Å². The maximum Gasteiger partial charge on any atom is 0.272 e. The molecule has 2 aromatic heterocycles. The van der Waals surface area contributed by atoms with Gasteiger partial charge in [-0.15, -0.1) is 11.3 Å². The Kier molecular flexibility index (Phi) is 5.96. The highest BCUT2D eigenvalue weighted by Gasteiger charge is 2.27. The van der Waals surface area contributed by atoms with Gasteiger partial charge < -0.3 is 9.80 Å². The first-order valence-electron chi connectivity index (χ1n) is 11.0. The lowest BCUT2D eigenvalue weighted by atomic mass is 10.1. The van der Waals surface area contributed by atoms with Crippen molar-refractivity contribution < 1.29 is 4.79 Å². The van der Waals surface area contributed by atoms with E-state index in [1.54, 1.807) is 11.3 Å². The Balaban J connectivity index is 1.45. The highest BCUT2D eigenvalue weighted by molar-refractivity contribution is 7.13. The van der Waals surface area contributed by atoms with Crippen molar-refractivity contribution in [2.45, 2.75) is 13.8 Å². The van der Waals surface area contributed by atoms with Crippen molar-refractivity contribution in [2.75, 3.05) is 31.1 Å². The average Bonchev–Trinajstić information content (AvgIpc) is 3.51. The van der Waals surface area contributed by atoms with Crippen molar-refractivity contribution >= 4 is 34.5 Å². The van der Waals surface area contributed by atoms with Gasteiger partial charge in [-0.2, -0.15) is 5.10 Å². The molecule has 1 aliphatic rings. The van der Waals surface area contributed by atoms with Crippen LogP contribution in [0.3, 0.4) is 0 Å². The molecule has 0 N–H and O–H groups in total. The molecular formula is C26H25ClN4OS. The number of aromatic nitrogens is 2. The summed E-state index contributed by atoms with van der Waals surface area (Å²) in [6.45, 7) is 6.86. The lowest BCUT2D eigenvalue weighted by Gasteiger charge is -2.36. The molecule has 0 spiro atoms. The molecule has 0 aliphatic carbocycles. The molecular weight excluding hydrogens is 452 g/mol. The van der Waals surface area contributed by atoms with E-state index >= 15 is 0 Å². The van der Waals surface area contributed by atoms with Gasteiger partial charge in [0.1, 0.15) is 11.4 Å². The van der Waals surface area contributed by atoms with E-state index < -0.39 is 0 Å². The summed E-state index contributed by atoms with van der Waals surface area (Å²) in [5, 5.41) is 7.64. The Morgan fingerprint density at radius 1 is 0.939 bits per heavy atom. The van der Waals surface area contributed by atoms with Crippen molar-refractivity contribution in [3.63, 3.8) is 0 Å². The van der Waals surface area contributed by atoms with Crippen molar-refractivity contribution in [3.05, 3.63) is 87.9 Å². The molecule has 2 aromatic carbocycles. The van der Waals surface area contributed by atoms with E-state index in [4.69, 9.17) is 16.7 Å². The van der Waals surface area contributed by atoms with Crippen LogP contribution in [0.5, 0.6) is 0 Å². The Morgan fingerprint density at radius 2 is 1.73 bits per heavy atom. The highest BCUT2D eigenvalue weighted by Crippen LogP contribution is 2.29. The lowest BCUT2D eigenvalue weighted by Crippen LogP contribution is -2.49. The maximum absolute atomic E-state index is 13.7. The number of nitrogens with zero attached hydrogens (tertiary/aromatic N) is 4. The van der Waals surface area contributed by atoms with Crippen LogP contribution in [0.25, 0.3) is 16.3 Å². The number of piperazine rings is 1. The summed E-state index contributed by atoms with van der Waals surface area (Å²) in [4.78, 5) is 18.9. The minimum atomic E-state index is 0.00465. The fourth-order valence-electron chi connectivity index (χ4n) is 4.23. The van der Waals surface area contributed by atoms with Crippen LogP contribution in [0.4, 0.5) is 5.69 Å². The third-order valence-electron chi connectivity index (χ3n) is 6.05. The maximum atomic E-state index is 13.7. The standard InChI is InChI=1S/C26H25ClN4OS/c1-18-9-10-19(2)23(16-18)31-24(17-21(28-31)25-8-5-15-33-25)26(32)30-13-11-29(12-14-30)22-7-4-3-6-20(22)27/h3-10,15-17H,11-14H2,1-2H3. The number of benzene rings is 2. The first kappa shape index (κ1) is 21.7. The van der Waals surface area contributed by atoms with E-state index in [1.807, 2.05) is 57.4 Å². The number of hydrogen-bond acceptors (Lipinski definition) is 4. The van der Waals surface area contributed by atoms with Gasteiger partial charge in [-0.1, -0.05) is 41.9 Å². The summed E-state index contributed by atoms with van der Waals surface area (Å²) >= 11 is 8.01. The molecule has 0 unspecified atom stereocenters. The number of carbonyl (C=O) groups excluding carboxylic acids is 1. The van der Waals surface area contributed by atoms with Gasteiger partial charge in [0.05, 0.1) is 21.3 Å². The zero-order valence-corrected chi connectivity index (χ0v) is 20.2. The van der Waals surface area contributed by atoms with Crippen LogP contribution in [0, 0.1) is 13.8 Å². The fraction of sp³-hybridized carbons (Fsp3) is 0.231. The number of thiophene rings is 1. The van der Waals surface area contributed by atoms with Gasteiger partial charge in [0.25, 0.3) is 5.91 Å². The van der Waals surface area contributed by atoms with E-state index in [-0.39, 0.29) is 5.91 Å². The molecule has 7 heteroatoms. The minimum absolute atomic E-state index is 0.00465. The quantitative estimate of drug-likeness (QED) is 0.372. The van der Waals surface area contributed by atoms with E-state index in [0.29, 0.717) is 18.8 Å². The molecule has 3 heterocycles. The second kappa shape index (κ2) is 9.04. The zero-order chi connectivity index (χ0) is 22.9. The van der Waals surface area contributed by atoms with E-state index in [1.165, 1.54) is 0 Å². The Hall–Kier alpha value is -3.09. The van der Waals surface area contributed by atoms with Gasteiger partial charge in [-0.05, 0) is 60.7 Å². The highest BCUT2D eigenvalue weighted by atomic mass is 35.5. The monoisotopic (exact) mass is 476 g/mol. The number of rotatable bonds is 4. The van der Waals surface area contributed by atoms with Crippen LogP contribution in [0.2, 0.25) is 5.02 Å². The summed E-state index contributed by atoms with van der Waals surface area (Å²) in [6.07, 6.45) is 0. The molecule has 0 bridgehead atoms. The van der Waals surface area contributed by atoms with E-state index in [2.05, 4.69) is 36.9 Å². The van der Waals surface area contributed by atoms with Crippen LogP contribution in [-0.4, -0.2) is 46.8 Å². The molecule has 1 saturated heterocycles. The molecule has 5 nitrogen and oxygen atoms in total. The molecule has 1 fully saturated rings. The number of halogens is 1. The summed E-state index contributed by atoms with van der Waals surface area (Å²) < 4.78 is 1.82. The van der Waals surface area contributed by atoms with Gasteiger partial charge >= 0.3 is 0 Å². The molecule has 5 rings (SSSR count). The normalized spacial score (nSPS) is 14.0. The topological polar surface area (TPSA) is 41.4 Å². The number of aryl methyl sites for hydroxylation is 2. The number of carbonyl (C=O) groups is 1. The molecule has 0 radical (unpaired) electrons. The predicted molar refractivity (Wildman–Crippen MR) is 136 cm³/mol. The second-order valence-electron chi connectivity index (χ2n) is 8.32. The van der Waals surface area contributed by atoms with Gasteiger partial charge in [0.2, 0.25) is 0 Å². The van der Waals surface area contributed by atoms with Gasteiger partial charge in [0, 0.05) is 26.2 Å². The molecule has 1 aliphatic heterocycles. The SMILES string of the molecule is Cc1ccc(C)c(-n2nc(-c3cccs3)cc2C(=O)N2CCN(c3ccccc3Cl)CC2)c1. The first-order chi connectivity index (χ1) is 16.0. The van der Waals surface area contributed by atoms with Crippen molar-refractivity contribution in [1.82, 2.24) is 14.7 Å². The van der Waals surface area contributed by atoms with Crippen molar-refractivity contribution in [3.8, 4) is 16.3 Å². The smallest absolute Gasteiger partial charge is 0.272 e. The number of amides is 1. The summed E-state index contributed by atoms with van der Waals surface area (Å²) in [7, 11) is 0. The summed E-state index contributed by atoms with van der Waals surface area (Å²) in [5.74, 6) is 0.00465. The molecule has 33 heavy (non-hydrogen) atoms. The first-order valence-corrected chi connectivity index (χ1v) is 12.3.